The van der Waals surface area contributed by atoms with Gasteiger partial charge in [-0.15, -0.1) is 0 Å². The number of nitrogen functional groups attached to an aromatic ring is 1. The molecule has 0 radical (unpaired) electrons. The van der Waals surface area contributed by atoms with Gasteiger partial charge in [0.05, 0.1) is 10.6 Å². The Kier molecular flexibility index (Phi) is 4.77. The molecule has 21 heavy (non-hydrogen) atoms. The number of nitrogens with zero attached hydrogens (tertiary/aromatic N) is 2. The first-order valence-electron chi connectivity index (χ1n) is 6.21. The molecule has 110 valence electrons. The molecule has 2 rings (SSSR count). The van der Waals surface area contributed by atoms with Crippen LogP contribution in [0.15, 0.2) is 46.9 Å². The number of hydrogen-bond acceptors (Lipinski definition) is 5. The molecule has 6 nitrogen and oxygen atoms in total. The topological polar surface area (TPSA) is 84.4 Å². The van der Waals surface area contributed by atoms with Crippen molar-refractivity contribution in [1.29, 1.82) is 0 Å². The minimum atomic E-state index is -0.433. The first kappa shape index (κ1) is 15.3. The summed E-state index contributed by atoms with van der Waals surface area (Å²) < 4.78 is 0.997. The zero-order valence-corrected chi connectivity index (χ0v) is 13.0. The Labute approximate surface area is 130 Å². The quantitative estimate of drug-likeness (QED) is 0.491. The van der Waals surface area contributed by atoms with Crippen LogP contribution in [0.5, 0.6) is 0 Å². The Morgan fingerprint density at radius 2 is 2.10 bits per heavy atom. The van der Waals surface area contributed by atoms with Crippen LogP contribution < -0.4 is 16.2 Å². The lowest BCUT2D eigenvalue weighted by Crippen LogP contribution is -2.17. The summed E-state index contributed by atoms with van der Waals surface area (Å²) in [7, 11) is 1.88. The summed E-state index contributed by atoms with van der Waals surface area (Å²) >= 11 is 3.43. The Morgan fingerprint density at radius 3 is 2.71 bits per heavy atom. The molecular formula is C14H15BrN4O2. The van der Waals surface area contributed by atoms with Gasteiger partial charge < -0.3 is 10.3 Å². The van der Waals surface area contributed by atoms with Crippen LogP contribution in [0.25, 0.3) is 0 Å². The molecule has 0 aromatic heterocycles. The van der Waals surface area contributed by atoms with Gasteiger partial charge in [-0.25, -0.2) is 0 Å². The van der Waals surface area contributed by atoms with Crippen molar-refractivity contribution in [2.75, 3.05) is 17.4 Å². The molecule has 0 aliphatic rings. The summed E-state index contributed by atoms with van der Waals surface area (Å²) in [6, 6.07) is 12.6. The molecule has 0 atom stereocenters. The minimum absolute atomic E-state index is 0.00143. The molecule has 0 heterocycles. The van der Waals surface area contributed by atoms with Crippen LogP contribution in [0.1, 0.15) is 5.56 Å². The van der Waals surface area contributed by atoms with E-state index in [1.807, 2.05) is 36.2 Å². The molecule has 0 bridgehead atoms. The lowest BCUT2D eigenvalue weighted by atomic mass is 10.2. The number of anilines is 2. The molecule has 3 N–H and O–H groups in total. The number of benzene rings is 2. The SMILES string of the molecule is CN(Cc1cccc(Br)c1)c1cc(NN)cc([N+](=O)[O-])c1. The van der Waals surface area contributed by atoms with E-state index in [-0.39, 0.29) is 5.69 Å². The molecule has 0 aliphatic carbocycles. The molecule has 0 spiro atoms. The van der Waals surface area contributed by atoms with Crippen molar-refractivity contribution in [2.24, 2.45) is 5.84 Å². The van der Waals surface area contributed by atoms with Crippen molar-refractivity contribution >= 4 is 33.0 Å². The fourth-order valence-corrected chi connectivity index (χ4v) is 2.45. The number of hydrazine groups is 1. The van der Waals surface area contributed by atoms with E-state index in [1.54, 1.807) is 6.07 Å². The van der Waals surface area contributed by atoms with Gasteiger partial charge in [-0.1, -0.05) is 28.1 Å². The van der Waals surface area contributed by atoms with E-state index in [4.69, 9.17) is 5.84 Å². The standard InChI is InChI=1S/C14H15BrN4O2/c1-18(9-10-3-2-4-11(15)5-10)13-6-12(17-16)7-14(8-13)19(20)21/h2-8,17H,9,16H2,1H3. The number of hydrogen-bond donors (Lipinski definition) is 2. The first-order chi connectivity index (χ1) is 9.99. The maximum absolute atomic E-state index is 11.0. The molecule has 0 saturated carbocycles. The first-order valence-corrected chi connectivity index (χ1v) is 7.00. The third kappa shape index (κ3) is 3.93. The second kappa shape index (κ2) is 6.55. The minimum Gasteiger partial charge on any atom is -0.370 e. The Morgan fingerprint density at radius 1 is 1.33 bits per heavy atom. The Bertz CT molecular complexity index is 663. The molecule has 0 amide bonds. The molecule has 0 unspecified atom stereocenters. The van der Waals surface area contributed by atoms with Crippen LogP contribution in [0.4, 0.5) is 17.1 Å². The summed E-state index contributed by atoms with van der Waals surface area (Å²) in [6.07, 6.45) is 0. The zero-order chi connectivity index (χ0) is 15.4. The van der Waals surface area contributed by atoms with E-state index in [0.717, 1.165) is 15.7 Å². The second-order valence-electron chi connectivity index (χ2n) is 4.63. The van der Waals surface area contributed by atoms with Crippen LogP contribution in [-0.2, 0) is 6.54 Å². The van der Waals surface area contributed by atoms with E-state index in [2.05, 4.69) is 21.4 Å². The molecule has 2 aromatic carbocycles. The number of nitro benzene ring substituents is 1. The normalized spacial score (nSPS) is 10.2. The molecule has 7 heteroatoms. The maximum Gasteiger partial charge on any atom is 0.273 e. The van der Waals surface area contributed by atoms with Gasteiger partial charge in [-0.3, -0.25) is 16.0 Å². The molecule has 0 saturated heterocycles. The van der Waals surface area contributed by atoms with Gasteiger partial charge >= 0.3 is 0 Å². The highest BCUT2D eigenvalue weighted by Gasteiger charge is 2.12. The zero-order valence-electron chi connectivity index (χ0n) is 11.4. The van der Waals surface area contributed by atoms with E-state index in [0.29, 0.717) is 12.2 Å². The third-order valence-corrected chi connectivity index (χ3v) is 3.52. The summed E-state index contributed by atoms with van der Waals surface area (Å²) in [5.41, 5.74) is 4.77. The van der Waals surface area contributed by atoms with E-state index in [9.17, 15) is 10.1 Å². The largest absolute Gasteiger partial charge is 0.370 e. The molecule has 0 fully saturated rings. The maximum atomic E-state index is 11.0. The van der Waals surface area contributed by atoms with Crippen molar-refractivity contribution in [3.63, 3.8) is 0 Å². The van der Waals surface area contributed by atoms with Crippen molar-refractivity contribution in [2.45, 2.75) is 6.54 Å². The summed E-state index contributed by atoms with van der Waals surface area (Å²) in [4.78, 5) is 12.5. The van der Waals surface area contributed by atoms with Crippen LogP contribution >= 0.6 is 15.9 Å². The smallest absolute Gasteiger partial charge is 0.273 e. The highest BCUT2D eigenvalue weighted by Crippen LogP contribution is 2.27. The second-order valence-corrected chi connectivity index (χ2v) is 5.54. The van der Waals surface area contributed by atoms with Gasteiger partial charge in [0.25, 0.3) is 5.69 Å². The van der Waals surface area contributed by atoms with Crippen LogP contribution in [0, 0.1) is 10.1 Å². The monoisotopic (exact) mass is 350 g/mol. The average molecular weight is 351 g/mol. The van der Waals surface area contributed by atoms with Crippen molar-refractivity contribution in [3.8, 4) is 0 Å². The van der Waals surface area contributed by atoms with Gasteiger partial charge in [-0.2, -0.15) is 0 Å². The van der Waals surface area contributed by atoms with Gasteiger partial charge in [0.15, 0.2) is 0 Å². The van der Waals surface area contributed by atoms with Crippen LogP contribution in [0.3, 0.4) is 0 Å². The number of rotatable bonds is 5. The highest BCUT2D eigenvalue weighted by molar-refractivity contribution is 9.10. The third-order valence-electron chi connectivity index (χ3n) is 3.03. The average Bonchev–Trinajstić information content (AvgIpc) is 2.46. The highest BCUT2D eigenvalue weighted by atomic mass is 79.9. The molecule has 0 aliphatic heterocycles. The summed E-state index contributed by atoms with van der Waals surface area (Å²) in [5.74, 6) is 5.36. The fraction of sp³-hybridized carbons (Fsp3) is 0.143. The number of nitrogens with one attached hydrogen (secondary N) is 1. The van der Waals surface area contributed by atoms with Gasteiger partial charge in [0, 0.05) is 35.9 Å². The number of non-ortho nitro benzene ring substituents is 1. The number of halogens is 1. The molecule has 2 aromatic rings. The number of nitro groups is 1. The lowest BCUT2D eigenvalue weighted by molar-refractivity contribution is -0.384. The van der Waals surface area contributed by atoms with Gasteiger partial charge in [0.2, 0.25) is 0 Å². The van der Waals surface area contributed by atoms with Crippen molar-refractivity contribution < 1.29 is 4.92 Å². The lowest BCUT2D eigenvalue weighted by Gasteiger charge is -2.20. The van der Waals surface area contributed by atoms with E-state index in [1.165, 1.54) is 12.1 Å². The Hall–Kier alpha value is -2.12. The number of nitrogens with two attached hydrogens (primary N) is 1. The van der Waals surface area contributed by atoms with E-state index < -0.39 is 4.92 Å². The summed E-state index contributed by atoms with van der Waals surface area (Å²) in [5, 5.41) is 11.0. The predicted molar refractivity (Wildman–Crippen MR) is 87.2 cm³/mol. The van der Waals surface area contributed by atoms with E-state index >= 15 is 0 Å². The van der Waals surface area contributed by atoms with Crippen molar-refractivity contribution in [1.82, 2.24) is 0 Å². The van der Waals surface area contributed by atoms with Gasteiger partial charge in [0.1, 0.15) is 0 Å². The predicted octanol–water partition coefficient (Wildman–Crippen LogP) is 3.28. The van der Waals surface area contributed by atoms with Crippen LogP contribution in [0.2, 0.25) is 0 Å². The van der Waals surface area contributed by atoms with Crippen molar-refractivity contribution in [3.05, 3.63) is 62.6 Å². The fourth-order valence-electron chi connectivity index (χ4n) is 2.00. The van der Waals surface area contributed by atoms with Crippen LogP contribution in [-0.4, -0.2) is 12.0 Å². The molecular weight excluding hydrogens is 336 g/mol. The van der Waals surface area contributed by atoms with Gasteiger partial charge in [-0.05, 0) is 23.8 Å². The summed E-state index contributed by atoms with van der Waals surface area (Å²) in [6.45, 7) is 0.630. The Balaban J connectivity index is 2.27.